The molecule has 11 nitrogen and oxygen atoms in total. The smallest absolute Gasteiger partial charge is 0.300 e. The molecule has 12 heteroatoms. The average Bonchev–Trinajstić information content (AvgIpc) is 3.53. The maximum absolute atomic E-state index is 9.00. The van der Waals surface area contributed by atoms with E-state index in [-0.39, 0.29) is 6.10 Å². The number of morpholine rings is 1. The van der Waals surface area contributed by atoms with E-state index in [2.05, 4.69) is 42.4 Å². The molecule has 3 N–H and O–H groups in total. The Morgan fingerprint density at radius 3 is 2.56 bits per heavy atom. The minimum absolute atomic E-state index is 0.101. The lowest BCUT2D eigenvalue weighted by Gasteiger charge is -2.47. The van der Waals surface area contributed by atoms with Crippen molar-refractivity contribution < 1.29 is 14.6 Å². The molecule has 0 bridgehead atoms. The Hall–Kier alpha value is -3.02. The van der Waals surface area contributed by atoms with E-state index in [4.69, 9.17) is 32.0 Å². The number of aliphatic carboxylic acids is 1. The molecule has 0 saturated carbocycles. The van der Waals surface area contributed by atoms with E-state index in [1.165, 1.54) is 5.56 Å². The van der Waals surface area contributed by atoms with Crippen molar-refractivity contribution in [2.75, 3.05) is 26.2 Å². The quantitative estimate of drug-likeness (QED) is 0.615. The lowest BCUT2D eigenvalue weighted by molar-refractivity contribution is -0.134. The van der Waals surface area contributed by atoms with Crippen LogP contribution in [0.15, 0.2) is 46.9 Å². The number of amidine groups is 2. The molecule has 0 spiro atoms. The fourth-order valence-corrected chi connectivity index (χ4v) is 5.06. The first-order valence-corrected chi connectivity index (χ1v) is 12.5. The summed E-state index contributed by atoms with van der Waals surface area (Å²) in [4.78, 5) is 14.0. The second-order valence-electron chi connectivity index (χ2n) is 9.28. The number of ether oxygens (including phenoxy) is 1. The highest BCUT2D eigenvalue weighted by atomic mass is 35.5. The van der Waals surface area contributed by atoms with E-state index >= 15 is 0 Å². The Labute approximate surface area is 215 Å². The van der Waals surface area contributed by atoms with Gasteiger partial charge in [-0.15, -0.1) is 15.3 Å². The summed E-state index contributed by atoms with van der Waals surface area (Å²) in [5.74, 6) is 0.777. The van der Waals surface area contributed by atoms with E-state index in [0.717, 1.165) is 63.2 Å². The van der Waals surface area contributed by atoms with Gasteiger partial charge in [-0.3, -0.25) is 9.69 Å². The van der Waals surface area contributed by atoms with Gasteiger partial charge in [-0.1, -0.05) is 28.9 Å². The molecule has 5 rings (SSSR count). The molecule has 1 aromatic heterocycles. The van der Waals surface area contributed by atoms with Crippen LogP contribution in [0.5, 0.6) is 0 Å². The molecule has 2 saturated heterocycles. The molecule has 3 aliphatic rings. The second kappa shape index (κ2) is 12.3. The lowest BCUT2D eigenvalue weighted by Crippen LogP contribution is -2.58. The van der Waals surface area contributed by atoms with Crippen molar-refractivity contribution in [3.05, 3.63) is 47.2 Å². The predicted molar refractivity (Wildman–Crippen MR) is 137 cm³/mol. The Bertz CT molecular complexity index is 1050. The molecule has 3 aliphatic heterocycles. The van der Waals surface area contributed by atoms with Crippen LogP contribution in [0.1, 0.15) is 31.7 Å². The highest BCUT2D eigenvalue weighted by Gasteiger charge is 2.36. The van der Waals surface area contributed by atoms with Gasteiger partial charge in [0.2, 0.25) is 0 Å². The van der Waals surface area contributed by atoms with Crippen molar-refractivity contribution in [3.8, 4) is 0 Å². The molecule has 36 heavy (non-hydrogen) atoms. The Kier molecular flexibility index (Phi) is 8.89. The third-order valence-corrected chi connectivity index (χ3v) is 6.84. The van der Waals surface area contributed by atoms with Crippen molar-refractivity contribution in [1.82, 2.24) is 24.8 Å². The topological polar surface area (TPSA) is 134 Å². The summed E-state index contributed by atoms with van der Waals surface area (Å²) in [6.07, 6.45) is 7.50. The van der Waals surface area contributed by atoms with Gasteiger partial charge in [0, 0.05) is 49.9 Å². The van der Waals surface area contributed by atoms with E-state index in [9.17, 15) is 0 Å². The van der Waals surface area contributed by atoms with Crippen LogP contribution in [0.4, 0.5) is 0 Å². The van der Waals surface area contributed by atoms with E-state index in [1.54, 1.807) is 6.20 Å². The SMILES string of the molecule is CC(=O)O.NC1=NN=C(N2CCC(N3C[C@H](Cn4ccnn4)OC[C@@H]3Cc3ccc(Cl)cc3)CC2)C1. The third-order valence-electron chi connectivity index (χ3n) is 6.59. The van der Waals surface area contributed by atoms with Crippen molar-refractivity contribution in [2.45, 2.75) is 57.3 Å². The van der Waals surface area contributed by atoms with Crippen LogP contribution in [0.25, 0.3) is 0 Å². The van der Waals surface area contributed by atoms with Crippen LogP contribution in [-0.4, -0.2) is 92.0 Å². The standard InChI is InChI=1S/C22H29ClN8O.C2H4O2/c23-17-3-1-16(2-4-17)11-19-15-32-20(13-30-10-7-25-28-30)14-31(19)18-5-8-29(9-6-18)22-12-21(24)26-27-22;1-2(3)4/h1-4,7,10,18-20H,5-6,8-9,11-15H2,(H2,24,26);1H3,(H,3,4)/t19-,20-;/m0./s1. The first-order chi connectivity index (χ1) is 17.4. The zero-order valence-electron chi connectivity index (χ0n) is 20.4. The summed E-state index contributed by atoms with van der Waals surface area (Å²) in [6.45, 7) is 5.35. The number of carboxylic acids is 1. The van der Waals surface area contributed by atoms with Crippen LogP contribution in [0.3, 0.4) is 0 Å². The molecule has 2 fully saturated rings. The van der Waals surface area contributed by atoms with Crippen molar-refractivity contribution >= 4 is 29.2 Å². The minimum atomic E-state index is -0.833. The molecule has 2 atom stereocenters. The molecular formula is C24H33ClN8O3. The van der Waals surface area contributed by atoms with Gasteiger partial charge in [-0.2, -0.15) is 0 Å². The highest BCUT2D eigenvalue weighted by Crippen LogP contribution is 2.26. The van der Waals surface area contributed by atoms with E-state index in [1.807, 2.05) is 23.0 Å². The monoisotopic (exact) mass is 516 g/mol. The number of nitrogens with zero attached hydrogens (tertiary/aromatic N) is 7. The molecule has 4 heterocycles. The lowest BCUT2D eigenvalue weighted by atomic mass is 9.96. The van der Waals surface area contributed by atoms with Crippen LogP contribution >= 0.6 is 11.6 Å². The van der Waals surface area contributed by atoms with Crippen molar-refractivity contribution in [1.29, 1.82) is 0 Å². The number of rotatable bonds is 5. The zero-order chi connectivity index (χ0) is 25.5. The summed E-state index contributed by atoms with van der Waals surface area (Å²) >= 11 is 6.09. The Morgan fingerprint density at radius 2 is 1.94 bits per heavy atom. The van der Waals surface area contributed by atoms with Gasteiger partial charge >= 0.3 is 0 Å². The number of hydrogen-bond donors (Lipinski definition) is 2. The van der Waals surface area contributed by atoms with E-state index < -0.39 is 5.97 Å². The van der Waals surface area contributed by atoms with Gasteiger partial charge in [0.05, 0.1) is 31.9 Å². The number of nitrogens with two attached hydrogens (primary N) is 1. The Morgan fingerprint density at radius 1 is 1.22 bits per heavy atom. The van der Waals surface area contributed by atoms with Gasteiger partial charge in [0.25, 0.3) is 5.97 Å². The molecule has 1 aromatic carbocycles. The molecule has 0 aliphatic carbocycles. The van der Waals surface area contributed by atoms with Crippen LogP contribution < -0.4 is 5.73 Å². The number of aromatic nitrogens is 3. The fourth-order valence-electron chi connectivity index (χ4n) is 4.93. The number of hydrogen-bond acceptors (Lipinski definition) is 9. The van der Waals surface area contributed by atoms with Gasteiger partial charge in [0.15, 0.2) is 0 Å². The normalized spacial score (nSPS) is 23.0. The van der Waals surface area contributed by atoms with Crippen LogP contribution in [0, 0.1) is 0 Å². The number of carbonyl (C=O) groups is 1. The van der Waals surface area contributed by atoms with Crippen LogP contribution in [0.2, 0.25) is 5.02 Å². The molecule has 2 aromatic rings. The summed E-state index contributed by atoms with van der Waals surface area (Å²) < 4.78 is 8.13. The fraction of sp³-hybridized carbons (Fsp3) is 0.542. The van der Waals surface area contributed by atoms with Gasteiger partial charge in [-0.05, 0) is 37.0 Å². The molecule has 0 radical (unpaired) electrons. The third kappa shape index (κ3) is 7.25. The summed E-state index contributed by atoms with van der Waals surface area (Å²) in [5, 5.41) is 24.5. The summed E-state index contributed by atoms with van der Waals surface area (Å²) in [7, 11) is 0. The van der Waals surface area contributed by atoms with Gasteiger partial charge in [0.1, 0.15) is 11.7 Å². The highest BCUT2D eigenvalue weighted by molar-refractivity contribution is 6.30. The number of halogens is 1. The number of benzene rings is 1. The minimum Gasteiger partial charge on any atom is -0.481 e. The largest absolute Gasteiger partial charge is 0.481 e. The number of piperidine rings is 1. The molecule has 0 unspecified atom stereocenters. The first kappa shape index (κ1) is 26.1. The number of carboxylic acid groups (broad SMARTS) is 1. The van der Waals surface area contributed by atoms with E-state index in [0.29, 0.717) is 30.9 Å². The van der Waals surface area contributed by atoms with Gasteiger partial charge in [-0.25, -0.2) is 4.68 Å². The predicted octanol–water partition coefficient (Wildman–Crippen LogP) is 1.87. The van der Waals surface area contributed by atoms with Crippen molar-refractivity contribution in [3.63, 3.8) is 0 Å². The second-order valence-corrected chi connectivity index (χ2v) is 9.72. The summed E-state index contributed by atoms with van der Waals surface area (Å²) in [5.41, 5.74) is 7.10. The Balaban J connectivity index is 0.000000709. The molecule has 0 amide bonds. The molecular weight excluding hydrogens is 484 g/mol. The number of likely N-dealkylation sites (tertiary alicyclic amines) is 1. The average molecular weight is 517 g/mol. The molecule has 194 valence electrons. The van der Waals surface area contributed by atoms with Crippen molar-refractivity contribution in [2.24, 2.45) is 15.9 Å². The van der Waals surface area contributed by atoms with Crippen LogP contribution in [-0.2, 0) is 22.5 Å². The summed E-state index contributed by atoms with van der Waals surface area (Å²) in [6, 6.07) is 9.01. The zero-order valence-corrected chi connectivity index (χ0v) is 21.2. The maximum atomic E-state index is 9.00. The maximum Gasteiger partial charge on any atom is 0.300 e. The van der Waals surface area contributed by atoms with Gasteiger partial charge < -0.3 is 20.5 Å². The first-order valence-electron chi connectivity index (χ1n) is 12.2.